The van der Waals surface area contributed by atoms with Crippen LogP contribution in [0.1, 0.15) is 20.3 Å². The summed E-state index contributed by atoms with van der Waals surface area (Å²) < 4.78 is 24.2. The van der Waals surface area contributed by atoms with E-state index < -0.39 is 24.7 Å². The highest BCUT2D eigenvalue weighted by Crippen LogP contribution is 2.45. The summed E-state index contributed by atoms with van der Waals surface area (Å²) >= 11 is 0. The van der Waals surface area contributed by atoms with Crippen molar-refractivity contribution in [3.63, 3.8) is 0 Å². The van der Waals surface area contributed by atoms with Gasteiger partial charge in [0.25, 0.3) is 5.69 Å². The zero-order valence-electron chi connectivity index (χ0n) is 15.3. The Balaban J connectivity index is 2.30. The van der Waals surface area contributed by atoms with E-state index >= 15 is 0 Å². The van der Waals surface area contributed by atoms with Crippen molar-refractivity contribution in [2.45, 2.75) is 26.3 Å². The minimum atomic E-state index is -4.17. The Bertz CT molecular complexity index is 856. The van der Waals surface area contributed by atoms with Crippen LogP contribution in [0.25, 0.3) is 0 Å². The van der Waals surface area contributed by atoms with E-state index in [1.54, 1.807) is 30.3 Å². The van der Waals surface area contributed by atoms with E-state index in [0.717, 1.165) is 0 Å². The molecule has 0 aliphatic rings. The Kier molecular flexibility index (Phi) is 7.14. The third-order valence-corrected chi connectivity index (χ3v) is 5.09. The van der Waals surface area contributed by atoms with Crippen molar-refractivity contribution in [2.75, 3.05) is 0 Å². The molecule has 0 saturated heterocycles. The van der Waals surface area contributed by atoms with Gasteiger partial charge in [-0.3, -0.25) is 14.9 Å². The minimum absolute atomic E-state index is 0.0122. The molecule has 2 unspecified atom stereocenters. The van der Waals surface area contributed by atoms with Crippen LogP contribution in [0.15, 0.2) is 54.6 Å². The maximum atomic E-state index is 13.3. The quantitative estimate of drug-likeness (QED) is 0.339. The predicted molar refractivity (Wildman–Crippen MR) is 102 cm³/mol. The van der Waals surface area contributed by atoms with Gasteiger partial charge < -0.3 is 14.2 Å². The second-order valence-electron chi connectivity index (χ2n) is 6.39. The molecule has 2 N–H and O–H groups in total. The molecule has 28 heavy (non-hydrogen) atoms. The average molecular weight is 408 g/mol. The van der Waals surface area contributed by atoms with Gasteiger partial charge in [0.1, 0.15) is 17.5 Å². The van der Waals surface area contributed by atoms with Crippen LogP contribution < -0.4 is 14.1 Å². The Hall–Kier alpha value is -2.90. The molecule has 0 saturated carbocycles. The number of carboxylic acid groups (broad SMARTS) is 1. The maximum absolute atomic E-state index is 13.3. The number of nitrogens with zero attached hydrogens (tertiary/aromatic N) is 1. The van der Waals surface area contributed by atoms with E-state index in [4.69, 9.17) is 9.05 Å². The lowest BCUT2D eigenvalue weighted by atomic mass is 10.1. The van der Waals surface area contributed by atoms with Crippen LogP contribution in [-0.2, 0) is 9.36 Å². The van der Waals surface area contributed by atoms with E-state index in [-0.39, 0.29) is 29.5 Å². The van der Waals surface area contributed by atoms with Crippen molar-refractivity contribution in [3.8, 4) is 11.5 Å². The number of carbonyl (C=O) groups is 1. The largest absolute Gasteiger partial charge is 0.513 e. The summed E-state index contributed by atoms with van der Waals surface area (Å²) in [7, 11) is -4.17. The lowest BCUT2D eigenvalue weighted by Crippen LogP contribution is -2.38. The van der Waals surface area contributed by atoms with Gasteiger partial charge in [-0.25, -0.2) is 4.57 Å². The number of nitro groups is 1. The molecule has 9 nitrogen and oxygen atoms in total. The molecule has 0 bridgehead atoms. The highest BCUT2D eigenvalue weighted by molar-refractivity contribution is 7.52. The van der Waals surface area contributed by atoms with Crippen LogP contribution in [0.3, 0.4) is 0 Å². The fourth-order valence-electron chi connectivity index (χ4n) is 2.33. The number of hydrogen-bond acceptors (Lipinski definition) is 6. The van der Waals surface area contributed by atoms with Gasteiger partial charge in [-0.2, -0.15) is 5.09 Å². The smallest absolute Gasteiger partial charge is 0.480 e. The predicted octanol–water partition coefficient (Wildman–Crippen LogP) is 4.25. The summed E-state index contributed by atoms with van der Waals surface area (Å²) in [6, 6.07) is 11.9. The molecule has 2 aromatic rings. The lowest BCUT2D eigenvalue weighted by Gasteiger charge is -2.24. The Morgan fingerprint density at radius 1 is 1.11 bits per heavy atom. The molecule has 2 atom stereocenters. The lowest BCUT2D eigenvalue weighted by molar-refractivity contribution is -0.384. The molecule has 0 radical (unpaired) electrons. The molecule has 10 heteroatoms. The van der Waals surface area contributed by atoms with Crippen molar-refractivity contribution in [1.82, 2.24) is 5.09 Å². The molecule has 0 spiro atoms. The first-order valence-electron chi connectivity index (χ1n) is 8.48. The van der Waals surface area contributed by atoms with Crippen LogP contribution in [0, 0.1) is 16.0 Å². The molecule has 2 rings (SSSR count). The summed E-state index contributed by atoms with van der Waals surface area (Å²) in [6.45, 7) is 3.66. The molecule has 0 amide bonds. The summed E-state index contributed by atoms with van der Waals surface area (Å²) in [6.07, 6.45) is 0.196. The third kappa shape index (κ3) is 6.37. The fraction of sp³-hybridized carbons (Fsp3) is 0.278. The molecule has 0 aliphatic carbocycles. The van der Waals surface area contributed by atoms with Gasteiger partial charge in [-0.15, -0.1) is 0 Å². The van der Waals surface area contributed by atoms with Crippen LogP contribution in [0.2, 0.25) is 0 Å². The van der Waals surface area contributed by atoms with Crippen molar-refractivity contribution in [2.24, 2.45) is 5.92 Å². The number of para-hydroxylation sites is 1. The molecular weight excluding hydrogens is 387 g/mol. The number of nitrogens with one attached hydrogen (secondary N) is 1. The first-order chi connectivity index (χ1) is 13.2. The van der Waals surface area contributed by atoms with E-state index in [0.29, 0.717) is 0 Å². The van der Waals surface area contributed by atoms with Crippen LogP contribution in [0.4, 0.5) is 5.69 Å². The first kappa shape index (κ1) is 21.4. The molecule has 150 valence electrons. The highest BCUT2D eigenvalue weighted by Gasteiger charge is 2.35. The highest BCUT2D eigenvalue weighted by atomic mass is 31.2. The van der Waals surface area contributed by atoms with E-state index in [1.165, 1.54) is 24.3 Å². The summed E-state index contributed by atoms with van der Waals surface area (Å²) in [5.41, 5.74) is -0.165. The van der Waals surface area contributed by atoms with Crippen LogP contribution in [0.5, 0.6) is 11.5 Å². The Labute approximate surface area is 162 Å². The fourth-order valence-corrected chi connectivity index (χ4v) is 3.87. The van der Waals surface area contributed by atoms with Gasteiger partial charge in [0.15, 0.2) is 0 Å². The zero-order chi connectivity index (χ0) is 20.7. The second kappa shape index (κ2) is 9.34. The Morgan fingerprint density at radius 3 is 2.11 bits per heavy atom. The van der Waals surface area contributed by atoms with Crippen molar-refractivity contribution < 1.29 is 28.4 Å². The van der Waals surface area contributed by atoms with Gasteiger partial charge in [-0.1, -0.05) is 32.0 Å². The van der Waals surface area contributed by atoms with Crippen molar-refractivity contribution >= 4 is 19.4 Å². The van der Waals surface area contributed by atoms with Crippen LogP contribution in [-0.4, -0.2) is 22.0 Å². The number of aliphatic carboxylic acids is 1. The third-order valence-electron chi connectivity index (χ3n) is 3.56. The summed E-state index contributed by atoms with van der Waals surface area (Å²) in [4.78, 5) is 21.8. The van der Waals surface area contributed by atoms with Crippen LogP contribution >= 0.6 is 7.75 Å². The number of nitro benzene ring substituents is 1. The number of rotatable bonds is 10. The molecule has 0 fully saturated rings. The molecule has 0 heterocycles. The van der Waals surface area contributed by atoms with Gasteiger partial charge in [-0.05, 0) is 36.6 Å². The van der Waals surface area contributed by atoms with E-state index in [9.17, 15) is 24.6 Å². The zero-order valence-corrected chi connectivity index (χ0v) is 16.2. The SMILES string of the molecule is CC(C)CC(NP(=O)(Oc1ccccc1)Oc1ccc([N+](=O)[O-])cc1)C(=O)O. The van der Waals surface area contributed by atoms with Gasteiger partial charge in [0.05, 0.1) is 4.92 Å². The summed E-state index contributed by atoms with van der Waals surface area (Å²) in [5, 5.41) is 22.7. The monoisotopic (exact) mass is 408 g/mol. The van der Waals surface area contributed by atoms with E-state index in [2.05, 4.69) is 5.09 Å². The molecule has 0 aliphatic heterocycles. The number of benzene rings is 2. The number of non-ortho nitro benzene ring substituents is 1. The standard InChI is InChI=1S/C18H21N2O7P/c1-13(2)12-17(18(21)22)19-28(25,26-15-6-4-3-5-7-15)27-16-10-8-14(9-11-16)20(23)24/h3-11,13,17H,12H2,1-2H3,(H,19,25)(H,21,22). The number of carboxylic acids is 1. The minimum Gasteiger partial charge on any atom is -0.480 e. The maximum Gasteiger partial charge on any atom is 0.513 e. The topological polar surface area (TPSA) is 128 Å². The average Bonchev–Trinajstić information content (AvgIpc) is 2.61. The number of hydrogen-bond donors (Lipinski definition) is 2. The van der Waals surface area contributed by atoms with Crippen molar-refractivity contribution in [3.05, 3.63) is 64.7 Å². The van der Waals surface area contributed by atoms with Gasteiger partial charge in [0.2, 0.25) is 0 Å². The Morgan fingerprint density at radius 2 is 1.64 bits per heavy atom. The van der Waals surface area contributed by atoms with E-state index in [1.807, 2.05) is 13.8 Å². The van der Waals surface area contributed by atoms with Crippen molar-refractivity contribution in [1.29, 1.82) is 0 Å². The molecule has 2 aromatic carbocycles. The second-order valence-corrected chi connectivity index (χ2v) is 8.01. The summed E-state index contributed by atoms with van der Waals surface area (Å²) in [5.74, 6) is -0.934. The van der Waals surface area contributed by atoms with Gasteiger partial charge in [0, 0.05) is 12.1 Å². The molecule has 0 aromatic heterocycles. The van der Waals surface area contributed by atoms with Gasteiger partial charge >= 0.3 is 13.7 Å². The molecular formula is C18H21N2O7P. The normalized spacial score (nSPS) is 14.1. The first-order valence-corrected chi connectivity index (χ1v) is 10.0.